The van der Waals surface area contributed by atoms with E-state index < -0.39 is 0 Å². The van der Waals surface area contributed by atoms with Gasteiger partial charge in [0.25, 0.3) is 0 Å². The molecule has 5 nitrogen and oxygen atoms in total. The lowest BCUT2D eigenvalue weighted by Gasteiger charge is -2.28. The molecule has 0 saturated carbocycles. The van der Waals surface area contributed by atoms with Crippen LogP contribution in [0.1, 0.15) is 54.5 Å². The molecule has 3 aromatic rings. The van der Waals surface area contributed by atoms with Crippen LogP contribution in [0.5, 0.6) is 0 Å². The summed E-state index contributed by atoms with van der Waals surface area (Å²) >= 11 is 5.80. The van der Waals surface area contributed by atoms with Gasteiger partial charge in [0.2, 0.25) is 0 Å². The summed E-state index contributed by atoms with van der Waals surface area (Å²) in [7, 11) is 4.13. The number of nitrogens with one attached hydrogen (secondary N) is 1. The zero-order chi connectivity index (χ0) is 22.8. The van der Waals surface area contributed by atoms with E-state index in [4.69, 9.17) is 12.2 Å². The lowest BCUT2D eigenvalue weighted by molar-refractivity contribution is 0.312. The first-order valence-electron chi connectivity index (χ1n) is 11.4. The first kappa shape index (κ1) is 22.3. The molecule has 0 spiro atoms. The van der Waals surface area contributed by atoms with E-state index in [1.165, 1.54) is 28.3 Å². The van der Waals surface area contributed by atoms with E-state index in [1.54, 1.807) is 0 Å². The Labute approximate surface area is 197 Å². The smallest absolute Gasteiger partial charge is 0.170 e. The van der Waals surface area contributed by atoms with Gasteiger partial charge in [-0.05, 0) is 80.5 Å². The molecular formula is C26H33N5S. The minimum atomic E-state index is 0.0330. The van der Waals surface area contributed by atoms with E-state index in [1.807, 2.05) is 12.3 Å². The third-order valence-electron chi connectivity index (χ3n) is 6.36. The van der Waals surface area contributed by atoms with Crippen LogP contribution in [-0.2, 0) is 0 Å². The summed E-state index contributed by atoms with van der Waals surface area (Å²) in [6, 6.07) is 17.3. The number of aryl methyl sites for hydroxylation is 1. The minimum absolute atomic E-state index is 0.0330. The Kier molecular flexibility index (Phi) is 6.51. The summed E-state index contributed by atoms with van der Waals surface area (Å²) in [4.78, 5) is 9.15. The molecule has 0 aliphatic carbocycles. The number of hydrogen-bond donors (Lipinski definition) is 1. The fraction of sp³-hybridized carbons (Fsp3) is 0.385. The zero-order valence-corrected chi connectivity index (χ0v) is 20.5. The maximum Gasteiger partial charge on any atom is 0.170 e. The Balaban J connectivity index is 1.78. The van der Waals surface area contributed by atoms with Crippen molar-refractivity contribution in [2.75, 3.05) is 25.5 Å². The average molecular weight is 448 g/mol. The number of thiocarbonyl (C=S) groups is 1. The summed E-state index contributed by atoms with van der Waals surface area (Å²) in [5.41, 5.74) is 7.18. The van der Waals surface area contributed by atoms with Crippen molar-refractivity contribution in [3.8, 4) is 5.69 Å². The zero-order valence-electron chi connectivity index (χ0n) is 19.7. The van der Waals surface area contributed by atoms with Crippen molar-refractivity contribution in [3.05, 3.63) is 77.4 Å². The van der Waals surface area contributed by atoms with Gasteiger partial charge in [0.15, 0.2) is 5.11 Å². The highest BCUT2D eigenvalue weighted by atomic mass is 32.1. The van der Waals surface area contributed by atoms with Crippen LogP contribution < -0.4 is 10.2 Å². The molecule has 168 valence electrons. The van der Waals surface area contributed by atoms with E-state index >= 15 is 0 Å². The third-order valence-corrected chi connectivity index (χ3v) is 6.72. The third kappa shape index (κ3) is 4.11. The Morgan fingerprint density at radius 1 is 1.09 bits per heavy atom. The minimum Gasteiger partial charge on any atom is -0.378 e. The standard InChI is InChI=1S/C26H33N5S/c1-6-7-16-30-25(24(28-26(30)32)23-10-8-9-15-27-23)22-17-18(2)31(19(22)3)21-13-11-20(12-14-21)29(4)5/h8-15,17,24-25H,6-7,16H2,1-5H3,(H,28,32)/t24-,25+/m1/s1. The summed E-state index contributed by atoms with van der Waals surface area (Å²) < 4.78 is 2.35. The highest BCUT2D eigenvalue weighted by Gasteiger charge is 2.41. The molecule has 32 heavy (non-hydrogen) atoms. The van der Waals surface area contributed by atoms with Crippen molar-refractivity contribution in [2.45, 2.75) is 45.7 Å². The summed E-state index contributed by atoms with van der Waals surface area (Å²) in [6.07, 6.45) is 4.11. The van der Waals surface area contributed by atoms with Crippen LogP contribution in [0.4, 0.5) is 5.69 Å². The number of nitrogens with zero attached hydrogens (tertiary/aromatic N) is 4. The van der Waals surface area contributed by atoms with Crippen LogP contribution in [0.2, 0.25) is 0 Å². The van der Waals surface area contributed by atoms with Gasteiger partial charge in [-0.15, -0.1) is 0 Å². The second-order valence-electron chi connectivity index (χ2n) is 8.75. The van der Waals surface area contributed by atoms with Crippen LogP contribution in [0.15, 0.2) is 54.7 Å². The van der Waals surface area contributed by atoms with Gasteiger partial charge in [-0.1, -0.05) is 19.4 Å². The van der Waals surface area contributed by atoms with E-state index in [0.29, 0.717) is 0 Å². The highest BCUT2D eigenvalue weighted by molar-refractivity contribution is 7.80. The molecule has 0 bridgehead atoms. The normalized spacial score (nSPS) is 18.2. The number of pyridine rings is 1. The molecule has 2 aromatic heterocycles. The van der Waals surface area contributed by atoms with E-state index in [9.17, 15) is 0 Å². The number of hydrogen-bond acceptors (Lipinski definition) is 3. The van der Waals surface area contributed by atoms with Crippen molar-refractivity contribution in [1.29, 1.82) is 0 Å². The Bertz CT molecular complexity index is 1070. The molecule has 1 aliphatic heterocycles. The molecule has 6 heteroatoms. The molecule has 4 rings (SSSR count). The molecule has 1 aromatic carbocycles. The molecule has 3 heterocycles. The van der Waals surface area contributed by atoms with Crippen LogP contribution in [0, 0.1) is 13.8 Å². The quantitative estimate of drug-likeness (QED) is 0.496. The second kappa shape index (κ2) is 9.33. The van der Waals surface area contributed by atoms with Crippen LogP contribution in [-0.4, -0.2) is 40.2 Å². The number of unbranched alkanes of at least 4 members (excludes halogenated alkanes) is 1. The molecule has 0 unspecified atom stereocenters. The molecule has 1 N–H and O–H groups in total. The first-order chi connectivity index (χ1) is 15.4. The lowest BCUT2D eigenvalue weighted by atomic mass is 9.96. The maximum absolute atomic E-state index is 5.80. The molecule has 1 fully saturated rings. The Hall–Kier alpha value is -2.86. The number of anilines is 1. The number of benzene rings is 1. The first-order valence-corrected chi connectivity index (χ1v) is 11.8. The second-order valence-corrected chi connectivity index (χ2v) is 9.13. The largest absolute Gasteiger partial charge is 0.378 e. The van der Waals surface area contributed by atoms with Crippen molar-refractivity contribution in [1.82, 2.24) is 19.8 Å². The summed E-state index contributed by atoms with van der Waals surface area (Å²) in [5, 5.41) is 4.39. The van der Waals surface area contributed by atoms with Crippen molar-refractivity contribution < 1.29 is 0 Å². The van der Waals surface area contributed by atoms with Crippen molar-refractivity contribution in [2.24, 2.45) is 0 Å². The van der Waals surface area contributed by atoms with Gasteiger partial charge in [0.05, 0.1) is 17.8 Å². The van der Waals surface area contributed by atoms with Crippen LogP contribution >= 0.6 is 12.2 Å². The summed E-state index contributed by atoms with van der Waals surface area (Å²) in [6.45, 7) is 7.57. The number of rotatable bonds is 7. The predicted octanol–water partition coefficient (Wildman–Crippen LogP) is 5.33. The molecule has 0 radical (unpaired) electrons. The molecule has 2 atom stereocenters. The monoisotopic (exact) mass is 447 g/mol. The Morgan fingerprint density at radius 2 is 1.84 bits per heavy atom. The SMILES string of the molecule is CCCCN1C(=S)N[C@H](c2ccccn2)[C@@H]1c1cc(C)n(-c2ccc(N(C)C)cc2)c1C. The average Bonchev–Trinajstić information content (AvgIpc) is 3.27. The van der Waals surface area contributed by atoms with Gasteiger partial charge in [-0.2, -0.15) is 0 Å². The topological polar surface area (TPSA) is 36.3 Å². The summed E-state index contributed by atoms with van der Waals surface area (Å²) in [5.74, 6) is 0. The van der Waals surface area contributed by atoms with E-state index in [2.05, 4.69) is 102 Å². The highest BCUT2D eigenvalue weighted by Crippen LogP contribution is 2.41. The van der Waals surface area contributed by atoms with Gasteiger partial charge < -0.3 is 19.7 Å². The van der Waals surface area contributed by atoms with Crippen molar-refractivity contribution >= 4 is 23.0 Å². The maximum atomic E-state index is 5.80. The molecule has 0 amide bonds. The van der Waals surface area contributed by atoms with Gasteiger partial charge in [0.1, 0.15) is 0 Å². The fourth-order valence-corrected chi connectivity index (χ4v) is 5.03. The van der Waals surface area contributed by atoms with Gasteiger partial charge >= 0.3 is 0 Å². The molecule has 1 aliphatic rings. The lowest BCUT2D eigenvalue weighted by Crippen LogP contribution is -2.30. The molecule has 1 saturated heterocycles. The van der Waals surface area contributed by atoms with E-state index in [0.717, 1.165) is 30.2 Å². The number of aromatic nitrogens is 2. The van der Waals surface area contributed by atoms with Gasteiger partial charge in [0, 0.05) is 49.6 Å². The predicted molar refractivity (Wildman–Crippen MR) is 137 cm³/mol. The van der Waals surface area contributed by atoms with Crippen molar-refractivity contribution in [3.63, 3.8) is 0 Å². The molecular weight excluding hydrogens is 414 g/mol. The Morgan fingerprint density at radius 3 is 2.47 bits per heavy atom. The van der Waals surface area contributed by atoms with Gasteiger partial charge in [-0.25, -0.2) is 0 Å². The fourth-order valence-electron chi connectivity index (χ4n) is 4.70. The van der Waals surface area contributed by atoms with E-state index in [-0.39, 0.29) is 12.1 Å². The van der Waals surface area contributed by atoms with Crippen LogP contribution in [0.3, 0.4) is 0 Å². The van der Waals surface area contributed by atoms with Gasteiger partial charge in [-0.3, -0.25) is 4.98 Å². The van der Waals surface area contributed by atoms with Crippen LogP contribution in [0.25, 0.3) is 5.69 Å².